The maximum atomic E-state index is 13.2. The Morgan fingerprint density at radius 1 is 1.03 bits per heavy atom. The minimum atomic E-state index is -0.639. The second kappa shape index (κ2) is 7.54. The van der Waals surface area contributed by atoms with E-state index in [2.05, 4.69) is 10.6 Å². The van der Waals surface area contributed by atoms with E-state index in [4.69, 9.17) is 11.6 Å². The molecular weight excluding hydrogens is 400 g/mol. The van der Waals surface area contributed by atoms with E-state index < -0.39 is 17.7 Å². The largest absolute Gasteiger partial charge is 0.326 e. The van der Waals surface area contributed by atoms with Crippen LogP contribution in [0.4, 0.5) is 21.0 Å². The third-order valence-electron chi connectivity index (χ3n) is 5.66. The lowest BCUT2D eigenvalue weighted by Gasteiger charge is -2.34. The third-order valence-corrected chi connectivity index (χ3v) is 5.90. The summed E-state index contributed by atoms with van der Waals surface area (Å²) in [7, 11) is 1.75. The second-order valence-corrected chi connectivity index (χ2v) is 8.31. The summed E-state index contributed by atoms with van der Waals surface area (Å²) < 4.78 is 0. The SMILES string of the molecule is CN1C(=O)N(c2cccc3ccccc23)C(NC(=O)Nc2cccc(Cl)c2)C1(C)C. The highest BCUT2D eigenvalue weighted by Crippen LogP contribution is 2.37. The molecule has 1 fully saturated rings. The smallest absolute Gasteiger partial charge is 0.318 e. The van der Waals surface area contributed by atoms with Crippen molar-refractivity contribution in [3.05, 3.63) is 71.8 Å². The molecule has 0 radical (unpaired) electrons. The van der Waals surface area contributed by atoms with Gasteiger partial charge in [0.1, 0.15) is 6.17 Å². The molecule has 1 heterocycles. The zero-order chi connectivity index (χ0) is 21.5. The molecule has 0 spiro atoms. The van der Waals surface area contributed by atoms with Gasteiger partial charge in [-0.2, -0.15) is 0 Å². The number of hydrogen-bond acceptors (Lipinski definition) is 2. The zero-order valence-electron chi connectivity index (χ0n) is 17.0. The van der Waals surface area contributed by atoms with Crippen molar-refractivity contribution >= 4 is 45.8 Å². The van der Waals surface area contributed by atoms with E-state index in [9.17, 15) is 9.59 Å². The van der Waals surface area contributed by atoms with Gasteiger partial charge in [-0.25, -0.2) is 9.59 Å². The van der Waals surface area contributed by atoms with Gasteiger partial charge < -0.3 is 15.5 Å². The summed E-state index contributed by atoms with van der Waals surface area (Å²) in [6, 6.07) is 20.0. The molecule has 3 aromatic rings. The van der Waals surface area contributed by atoms with Crippen LogP contribution >= 0.6 is 11.6 Å². The molecule has 2 N–H and O–H groups in total. The molecule has 6 nitrogen and oxygen atoms in total. The average Bonchev–Trinajstić information content (AvgIpc) is 2.87. The van der Waals surface area contributed by atoms with Crippen molar-refractivity contribution in [3.8, 4) is 0 Å². The first-order valence-electron chi connectivity index (χ1n) is 9.67. The van der Waals surface area contributed by atoms with Crippen LogP contribution in [0.5, 0.6) is 0 Å². The first-order valence-corrected chi connectivity index (χ1v) is 10.0. The molecular formula is C23H23ClN4O2. The topological polar surface area (TPSA) is 64.7 Å². The summed E-state index contributed by atoms with van der Waals surface area (Å²) in [5.41, 5.74) is 0.690. The summed E-state index contributed by atoms with van der Waals surface area (Å²) in [6.45, 7) is 3.86. The molecule has 1 unspecified atom stereocenters. The van der Waals surface area contributed by atoms with E-state index in [1.165, 1.54) is 0 Å². The van der Waals surface area contributed by atoms with Gasteiger partial charge in [-0.15, -0.1) is 0 Å². The number of amides is 4. The molecule has 0 saturated carbocycles. The number of halogens is 1. The number of likely N-dealkylation sites (N-methyl/N-ethyl adjacent to an activating group) is 1. The molecule has 0 aliphatic carbocycles. The minimum Gasteiger partial charge on any atom is -0.318 e. The normalized spacial score (nSPS) is 18.0. The van der Waals surface area contributed by atoms with Gasteiger partial charge in [0.2, 0.25) is 0 Å². The Labute approximate surface area is 180 Å². The predicted molar refractivity (Wildman–Crippen MR) is 121 cm³/mol. The Balaban J connectivity index is 1.70. The van der Waals surface area contributed by atoms with Crippen molar-refractivity contribution in [2.75, 3.05) is 17.3 Å². The summed E-state index contributed by atoms with van der Waals surface area (Å²) in [4.78, 5) is 29.3. The zero-order valence-corrected chi connectivity index (χ0v) is 17.8. The molecule has 30 heavy (non-hydrogen) atoms. The molecule has 7 heteroatoms. The first kappa shape index (κ1) is 20.0. The van der Waals surface area contributed by atoms with Crippen molar-refractivity contribution in [1.29, 1.82) is 0 Å². The Kier molecular flexibility index (Phi) is 5.03. The van der Waals surface area contributed by atoms with Crippen LogP contribution in [0.3, 0.4) is 0 Å². The van der Waals surface area contributed by atoms with Crippen LogP contribution < -0.4 is 15.5 Å². The van der Waals surface area contributed by atoms with Gasteiger partial charge in [0.05, 0.1) is 11.2 Å². The maximum absolute atomic E-state index is 13.2. The molecule has 4 rings (SSSR count). The predicted octanol–water partition coefficient (Wildman–Crippen LogP) is 5.29. The monoisotopic (exact) mass is 422 g/mol. The molecule has 0 bridgehead atoms. The Morgan fingerprint density at radius 2 is 1.73 bits per heavy atom. The van der Waals surface area contributed by atoms with Crippen molar-refractivity contribution in [1.82, 2.24) is 10.2 Å². The first-order chi connectivity index (χ1) is 14.3. The molecule has 1 atom stereocenters. The number of fused-ring (bicyclic) bond motifs is 1. The number of nitrogens with one attached hydrogen (secondary N) is 2. The number of rotatable bonds is 3. The molecule has 1 aliphatic rings. The molecule has 1 saturated heterocycles. The lowest BCUT2D eigenvalue weighted by molar-refractivity contribution is 0.180. The van der Waals surface area contributed by atoms with Crippen LogP contribution in [0.1, 0.15) is 13.8 Å². The fourth-order valence-electron chi connectivity index (χ4n) is 3.78. The van der Waals surface area contributed by atoms with E-state index in [0.29, 0.717) is 10.7 Å². The quantitative estimate of drug-likeness (QED) is 0.602. The third kappa shape index (κ3) is 3.44. The highest BCUT2D eigenvalue weighted by atomic mass is 35.5. The van der Waals surface area contributed by atoms with Gasteiger partial charge in [0, 0.05) is 23.1 Å². The van der Waals surface area contributed by atoms with Crippen molar-refractivity contribution in [3.63, 3.8) is 0 Å². The molecule has 1 aliphatic heterocycles. The number of carbonyl (C=O) groups excluding carboxylic acids is 2. The number of hydrogen-bond donors (Lipinski definition) is 2. The van der Waals surface area contributed by atoms with Gasteiger partial charge in [-0.3, -0.25) is 4.90 Å². The molecule has 4 amide bonds. The van der Waals surface area contributed by atoms with Crippen LogP contribution in [0, 0.1) is 0 Å². The van der Waals surface area contributed by atoms with Crippen LogP contribution in [0.2, 0.25) is 5.02 Å². The highest BCUT2D eigenvalue weighted by Gasteiger charge is 2.51. The van der Waals surface area contributed by atoms with E-state index >= 15 is 0 Å². The van der Waals surface area contributed by atoms with Crippen molar-refractivity contribution in [2.24, 2.45) is 0 Å². The molecule has 154 valence electrons. The maximum Gasteiger partial charge on any atom is 0.326 e. The van der Waals surface area contributed by atoms with Gasteiger partial charge in [0.15, 0.2) is 0 Å². The number of carbonyl (C=O) groups is 2. The summed E-state index contributed by atoms with van der Waals surface area (Å²) in [6.07, 6.45) is -0.583. The van der Waals surface area contributed by atoms with Crippen LogP contribution in [-0.4, -0.2) is 35.7 Å². The summed E-state index contributed by atoms with van der Waals surface area (Å²) in [5.74, 6) is 0. The highest BCUT2D eigenvalue weighted by molar-refractivity contribution is 6.30. The van der Waals surface area contributed by atoms with Crippen molar-refractivity contribution in [2.45, 2.75) is 25.6 Å². The van der Waals surface area contributed by atoms with Gasteiger partial charge in [0.25, 0.3) is 0 Å². The number of urea groups is 2. The summed E-state index contributed by atoms with van der Waals surface area (Å²) >= 11 is 6.01. The average molecular weight is 423 g/mol. The lowest BCUT2D eigenvalue weighted by Crippen LogP contribution is -2.56. The Morgan fingerprint density at radius 3 is 2.50 bits per heavy atom. The van der Waals surface area contributed by atoms with Crippen LogP contribution in [0.25, 0.3) is 10.8 Å². The van der Waals surface area contributed by atoms with Gasteiger partial charge >= 0.3 is 12.1 Å². The number of benzene rings is 3. The Hall–Kier alpha value is -3.25. The second-order valence-electron chi connectivity index (χ2n) is 7.87. The molecule has 0 aromatic heterocycles. The van der Waals surface area contributed by atoms with E-state index in [0.717, 1.165) is 16.5 Å². The fourth-order valence-corrected chi connectivity index (χ4v) is 3.97. The Bertz CT molecular complexity index is 1130. The van der Waals surface area contributed by atoms with Gasteiger partial charge in [-0.05, 0) is 43.5 Å². The standard InChI is InChI=1S/C23H23ClN4O2/c1-23(2)20(26-21(29)25-17-11-7-10-16(24)14-17)28(22(30)27(23)3)19-13-6-9-15-8-4-5-12-18(15)19/h4-14,20H,1-3H3,(H2,25,26,29). The minimum absolute atomic E-state index is 0.176. The van der Waals surface area contributed by atoms with E-state index in [1.807, 2.05) is 56.3 Å². The molecule has 3 aromatic carbocycles. The summed E-state index contributed by atoms with van der Waals surface area (Å²) in [5, 5.41) is 8.28. The van der Waals surface area contributed by atoms with E-state index in [-0.39, 0.29) is 6.03 Å². The van der Waals surface area contributed by atoms with Crippen LogP contribution in [0.15, 0.2) is 66.7 Å². The van der Waals surface area contributed by atoms with Crippen molar-refractivity contribution < 1.29 is 9.59 Å². The lowest BCUT2D eigenvalue weighted by atomic mass is 10.00. The number of nitrogens with zero attached hydrogens (tertiary/aromatic N) is 2. The van der Waals surface area contributed by atoms with Gasteiger partial charge in [-0.1, -0.05) is 54.1 Å². The van der Waals surface area contributed by atoms with E-state index in [1.54, 1.807) is 41.1 Å². The van der Waals surface area contributed by atoms with Crippen LogP contribution in [-0.2, 0) is 0 Å². The number of anilines is 2. The fraction of sp³-hybridized carbons (Fsp3) is 0.217.